The number of nitro groups is 1. The zero-order valence-corrected chi connectivity index (χ0v) is 12.9. The van der Waals surface area contributed by atoms with E-state index in [2.05, 4.69) is 18.7 Å². The van der Waals surface area contributed by atoms with Crippen molar-refractivity contribution in [2.75, 3.05) is 25.4 Å². The fraction of sp³-hybridized carbons (Fsp3) is 0.500. The number of carbonyl (C=O) groups is 1. The maximum absolute atomic E-state index is 11.6. The Morgan fingerprint density at radius 2 is 2.00 bits per heavy atom. The Labute approximate surface area is 123 Å². The molecule has 0 radical (unpaired) electrons. The highest BCUT2D eigenvalue weighted by molar-refractivity contribution is 7.99. The van der Waals surface area contributed by atoms with Gasteiger partial charge in [0.1, 0.15) is 0 Å². The Kier molecular flexibility index (Phi) is 6.67. The lowest BCUT2D eigenvalue weighted by Gasteiger charge is -2.17. The van der Waals surface area contributed by atoms with Gasteiger partial charge in [0.25, 0.3) is 5.69 Å². The standard InChI is InChI=1S/C14H20N2O3S/c1-4-15(5-2)8-9-20-14-7-6-12(16(18)19)10-13(14)11(3)17/h6-7,10H,4-5,8-9H2,1-3H3. The largest absolute Gasteiger partial charge is 0.303 e. The Morgan fingerprint density at radius 1 is 1.35 bits per heavy atom. The van der Waals surface area contributed by atoms with Crippen LogP contribution in [0, 0.1) is 10.1 Å². The van der Waals surface area contributed by atoms with E-state index in [1.165, 1.54) is 19.1 Å². The molecule has 0 fully saturated rings. The summed E-state index contributed by atoms with van der Waals surface area (Å²) in [6.45, 7) is 8.59. The third-order valence-electron chi connectivity index (χ3n) is 3.11. The van der Waals surface area contributed by atoms with Gasteiger partial charge in [-0.25, -0.2) is 0 Å². The van der Waals surface area contributed by atoms with Gasteiger partial charge < -0.3 is 4.90 Å². The molecule has 110 valence electrons. The third kappa shape index (κ3) is 4.61. The predicted octanol–water partition coefficient (Wildman–Crippen LogP) is 3.23. The quantitative estimate of drug-likeness (QED) is 0.319. The first kappa shape index (κ1) is 16.7. The summed E-state index contributed by atoms with van der Waals surface area (Å²) in [5, 5.41) is 10.7. The Bertz CT molecular complexity index is 487. The summed E-state index contributed by atoms with van der Waals surface area (Å²) in [6, 6.07) is 4.48. The topological polar surface area (TPSA) is 63.4 Å². The van der Waals surface area contributed by atoms with Gasteiger partial charge in [-0.05, 0) is 26.1 Å². The first-order valence-electron chi connectivity index (χ1n) is 6.64. The zero-order chi connectivity index (χ0) is 15.1. The number of nitrogens with zero attached hydrogens (tertiary/aromatic N) is 2. The third-order valence-corrected chi connectivity index (χ3v) is 4.17. The Hall–Kier alpha value is -1.40. The second kappa shape index (κ2) is 8.01. The number of non-ortho nitro benzene ring substituents is 1. The van der Waals surface area contributed by atoms with Crippen LogP contribution < -0.4 is 0 Å². The normalized spacial score (nSPS) is 10.8. The average Bonchev–Trinajstić information content (AvgIpc) is 2.43. The van der Waals surface area contributed by atoms with Crippen LogP contribution in [0.25, 0.3) is 0 Å². The smallest absolute Gasteiger partial charge is 0.270 e. The van der Waals surface area contributed by atoms with Crippen molar-refractivity contribution < 1.29 is 9.72 Å². The number of hydrogen-bond donors (Lipinski definition) is 0. The summed E-state index contributed by atoms with van der Waals surface area (Å²) in [6.07, 6.45) is 0. The minimum Gasteiger partial charge on any atom is -0.303 e. The van der Waals surface area contributed by atoms with Gasteiger partial charge in [-0.2, -0.15) is 0 Å². The SMILES string of the molecule is CCN(CC)CCSc1ccc([N+](=O)[O-])cc1C(C)=O. The lowest BCUT2D eigenvalue weighted by molar-refractivity contribution is -0.384. The molecule has 20 heavy (non-hydrogen) atoms. The minimum absolute atomic E-state index is 0.0386. The van der Waals surface area contributed by atoms with E-state index in [1.807, 2.05) is 0 Å². The number of carbonyl (C=O) groups excluding carboxylic acids is 1. The second-order valence-electron chi connectivity index (χ2n) is 4.37. The van der Waals surface area contributed by atoms with Crippen molar-refractivity contribution in [3.8, 4) is 0 Å². The van der Waals surface area contributed by atoms with E-state index in [-0.39, 0.29) is 11.5 Å². The molecule has 0 saturated heterocycles. The van der Waals surface area contributed by atoms with E-state index in [0.29, 0.717) is 5.56 Å². The highest BCUT2D eigenvalue weighted by atomic mass is 32.2. The van der Waals surface area contributed by atoms with E-state index in [0.717, 1.165) is 30.3 Å². The van der Waals surface area contributed by atoms with Gasteiger partial charge in [-0.1, -0.05) is 13.8 Å². The van der Waals surface area contributed by atoms with E-state index in [9.17, 15) is 14.9 Å². The number of rotatable bonds is 8. The number of benzene rings is 1. The maximum atomic E-state index is 11.6. The molecule has 0 N–H and O–H groups in total. The average molecular weight is 296 g/mol. The van der Waals surface area contributed by atoms with Crippen LogP contribution in [-0.2, 0) is 0 Å². The van der Waals surface area contributed by atoms with Crippen LogP contribution in [0.2, 0.25) is 0 Å². The summed E-state index contributed by atoms with van der Waals surface area (Å²) in [5.41, 5.74) is 0.395. The lowest BCUT2D eigenvalue weighted by Crippen LogP contribution is -2.25. The van der Waals surface area contributed by atoms with Crippen molar-refractivity contribution in [3.05, 3.63) is 33.9 Å². The van der Waals surface area contributed by atoms with Gasteiger partial charge >= 0.3 is 0 Å². The zero-order valence-electron chi connectivity index (χ0n) is 12.1. The Balaban J connectivity index is 2.79. The van der Waals surface area contributed by atoms with Gasteiger partial charge in [0.05, 0.1) is 4.92 Å². The van der Waals surface area contributed by atoms with Crippen molar-refractivity contribution in [1.82, 2.24) is 4.90 Å². The molecule has 0 spiro atoms. The van der Waals surface area contributed by atoms with Crippen LogP contribution in [0.4, 0.5) is 5.69 Å². The molecule has 1 rings (SSSR count). The summed E-state index contributed by atoms with van der Waals surface area (Å²) in [5.74, 6) is 0.721. The summed E-state index contributed by atoms with van der Waals surface area (Å²) < 4.78 is 0. The van der Waals surface area contributed by atoms with Crippen molar-refractivity contribution in [2.45, 2.75) is 25.7 Å². The highest BCUT2D eigenvalue weighted by Gasteiger charge is 2.14. The van der Waals surface area contributed by atoms with Gasteiger partial charge in [0.2, 0.25) is 0 Å². The summed E-state index contributed by atoms with van der Waals surface area (Å²) >= 11 is 1.57. The molecule has 0 unspecified atom stereocenters. The van der Waals surface area contributed by atoms with Crippen LogP contribution in [0.5, 0.6) is 0 Å². The Morgan fingerprint density at radius 3 is 2.50 bits per heavy atom. The van der Waals surface area contributed by atoms with E-state index < -0.39 is 4.92 Å². The van der Waals surface area contributed by atoms with Crippen molar-refractivity contribution in [1.29, 1.82) is 0 Å². The molecule has 0 heterocycles. The molecular weight excluding hydrogens is 276 g/mol. The molecule has 0 aliphatic carbocycles. The second-order valence-corrected chi connectivity index (χ2v) is 5.51. The van der Waals surface area contributed by atoms with Crippen LogP contribution in [0.15, 0.2) is 23.1 Å². The van der Waals surface area contributed by atoms with Crippen molar-refractivity contribution >= 4 is 23.2 Å². The molecule has 0 aliphatic rings. The van der Waals surface area contributed by atoms with E-state index in [4.69, 9.17) is 0 Å². The van der Waals surface area contributed by atoms with Crippen LogP contribution in [0.3, 0.4) is 0 Å². The molecular formula is C14H20N2O3S. The number of thioether (sulfide) groups is 1. The number of nitro benzene ring substituents is 1. The fourth-order valence-electron chi connectivity index (χ4n) is 1.86. The van der Waals surface area contributed by atoms with Gasteiger partial charge in [-0.15, -0.1) is 11.8 Å². The molecule has 0 atom stereocenters. The highest BCUT2D eigenvalue weighted by Crippen LogP contribution is 2.27. The van der Waals surface area contributed by atoms with Crippen LogP contribution in [-0.4, -0.2) is 41.0 Å². The number of Topliss-reactive ketones (excluding diaryl/α,β-unsaturated/α-hetero) is 1. The van der Waals surface area contributed by atoms with Crippen LogP contribution in [0.1, 0.15) is 31.1 Å². The van der Waals surface area contributed by atoms with Crippen LogP contribution >= 0.6 is 11.8 Å². The van der Waals surface area contributed by atoms with E-state index >= 15 is 0 Å². The molecule has 1 aromatic rings. The summed E-state index contributed by atoms with van der Waals surface area (Å²) in [4.78, 5) is 25.0. The van der Waals surface area contributed by atoms with Gasteiger partial charge in [0, 0.05) is 34.9 Å². The predicted molar refractivity (Wildman–Crippen MR) is 81.6 cm³/mol. The maximum Gasteiger partial charge on any atom is 0.270 e. The molecule has 0 bridgehead atoms. The number of ketones is 1. The fourth-order valence-corrected chi connectivity index (χ4v) is 2.95. The van der Waals surface area contributed by atoms with Crippen molar-refractivity contribution in [2.24, 2.45) is 0 Å². The molecule has 0 saturated carbocycles. The van der Waals surface area contributed by atoms with Gasteiger partial charge in [-0.3, -0.25) is 14.9 Å². The molecule has 0 amide bonds. The molecule has 1 aromatic carbocycles. The molecule has 0 aromatic heterocycles. The first-order chi connectivity index (χ1) is 9.49. The summed E-state index contributed by atoms with van der Waals surface area (Å²) in [7, 11) is 0. The van der Waals surface area contributed by atoms with Gasteiger partial charge in [0.15, 0.2) is 5.78 Å². The molecule has 0 aliphatic heterocycles. The monoisotopic (exact) mass is 296 g/mol. The van der Waals surface area contributed by atoms with Crippen molar-refractivity contribution in [3.63, 3.8) is 0 Å². The minimum atomic E-state index is -0.475. The first-order valence-corrected chi connectivity index (χ1v) is 7.62. The molecule has 6 heteroatoms. The lowest BCUT2D eigenvalue weighted by atomic mass is 10.1. The van der Waals surface area contributed by atoms with E-state index in [1.54, 1.807) is 17.8 Å². The molecule has 5 nitrogen and oxygen atoms in total. The number of hydrogen-bond acceptors (Lipinski definition) is 5.